The van der Waals surface area contributed by atoms with Crippen molar-refractivity contribution in [2.45, 2.75) is 43.4 Å². The van der Waals surface area contributed by atoms with E-state index >= 15 is 0 Å². The molecule has 244 valence electrons. The molecule has 1 spiro atoms. The Morgan fingerprint density at radius 1 is 1.21 bits per heavy atom. The summed E-state index contributed by atoms with van der Waals surface area (Å²) in [4.78, 5) is 31.8. The van der Waals surface area contributed by atoms with Crippen molar-refractivity contribution in [3.63, 3.8) is 0 Å². The van der Waals surface area contributed by atoms with Crippen molar-refractivity contribution in [3.05, 3.63) is 69.9 Å². The van der Waals surface area contributed by atoms with E-state index in [1.54, 1.807) is 30.1 Å². The molecular weight excluding hydrogens is 619 g/mol. The molecule has 5 aromatic rings. The molecule has 1 saturated heterocycles. The highest BCUT2D eigenvalue weighted by Crippen LogP contribution is 2.50. The first-order chi connectivity index (χ1) is 22.5. The van der Waals surface area contributed by atoms with Crippen molar-refractivity contribution >= 4 is 34.1 Å². The lowest BCUT2D eigenvalue weighted by Gasteiger charge is -2.39. The fraction of sp³-hybridized carbons (Fsp3) is 0.419. The van der Waals surface area contributed by atoms with Crippen LogP contribution in [-0.4, -0.2) is 83.7 Å². The fourth-order valence-corrected chi connectivity index (χ4v) is 7.84. The van der Waals surface area contributed by atoms with E-state index in [1.165, 1.54) is 11.0 Å². The van der Waals surface area contributed by atoms with Crippen molar-refractivity contribution in [3.8, 4) is 11.1 Å². The van der Waals surface area contributed by atoms with Gasteiger partial charge in [0.25, 0.3) is 0 Å². The van der Waals surface area contributed by atoms with E-state index in [-0.39, 0.29) is 31.2 Å². The zero-order chi connectivity index (χ0) is 32.8. The predicted molar refractivity (Wildman–Crippen MR) is 163 cm³/mol. The molecule has 1 amide bonds. The molecule has 47 heavy (non-hydrogen) atoms. The number of morpholine rings is 1. The van der Waals surface area contributed by atoms with Crippen LogP contribution in [0.4, 0.5) is 29.5 Å². The lowest BCUT2D eigenvalue weighted by molar-refractivity contribution is -0.391. The Balaban J connectivity index is 1.19. The van der Waals surface area contributed by atoms with Crippen molar-refractivity contribution in [2.75, 3.05) is 38.2 Å². The molecule has 8 rings (SSSR count). The van der Waals surface area contributed by atoms with Gasteiger partial charge in [-0.25, -0.2) is 9.78 Å². The Morgan fingerprint density at radius 3 is 2.83 bits per heavy atom. The Kier molecular flexibility index (Phi) is 6.42. The molecular formula is C31H30F3N9O4. The molecule has 0 bridgehead atoms. The number of nitrogens with zero attached hydrogens (tertiary/aromatic N) is 9. The number of rotatable bonds is 2. The molecule has 0 radical (unpaired) electrons. The van der Waals surface area contributed by atoms with Gasteiger partial charge in [-0.05, 0) is 59.1 Å². The first kappa shape index (κ1) is 29.4. The third-order valence-electron chi connectivity index (χ3n) is 9.97. The van der Waals surface area contributed by atoms with Gasteiger partial charge in [-0.15, -0.1) is 5.10 Å². The highest BCUT2D eigenvalue weighted by Gasteiger charge is 2.47. The number of likely N-dealkylation sites (N-methyl/N-ethyl adjacent to an activating group) is 1. The number of halogens is 3. The summed E-state index contributed by atoms with van der Waals surface area (Å²) >= 11 is 0. The van der Waals surface area contributed by atoms with Gasteiger partial charge in [-0.3, -0.25) is 4.90 Å². The van der Waals surface area contributed by atoms with Crippen LogP contribution in [-0.2, 0) is 24.4 Å². The summed E-state index contributed by atoms with van der Waals surface area (Å²) < 4.78 is 55.1. The number of pyridine rings is 1. The molecule has 3 aliphatic rings. The number of aromatic nitrogens is 6. The third-order valence-corrected chi connectivity index (χ3v) is 9.97. The molecule has 1 aromatic carbocycles. The monoisotopic (exact) mass is 649 g/mol. The number of hydrogen-bond donors (Lipinski definition) is 0. The molecule has 1 saturated carbocycles. The van der Waals surface area contributed by atoms with Gasteiger partial charge in [0, 0.05) is 61.3 Å². The molecule has 4 aromatic heterocycles. The largest absolute Gasteiger partial charge is 0.439 e. The second-order valence-electron chi connectivity index (χ2n) is 12.7. The second kappa shape index (κ2) is 10.3. The summed E-state index contributed by atoms with van der Waals surface area (Å²) in [5.74, 6) is -0.509. The molecule has 2 aliphatic heterocycles. The van der Waals surface area contributed by atoms with Gasteiger partial charge in [0.1, 0.15) is 11.7 Å². The summed E-state index contributed by atoms with van der Waals surface area (Å²) in [6.45, 7) is 1.24. The number of carbonyl (C=O) groups is 1. The number of imidazole rings is 1. The number of ether oxygens (including phenoxy) is 1. The Morgan fingerprint density at radius 2 is 2.04 bits per heavy atom. The van der Waals surface area contributed by atoms with Gasteiger partial charge in [0.15, 0.2) is 0 Å². The molecule has 6 heterocycles. The Hall–Kier alpha value is -4.99. The number of carbonyl (C=O) groups excluding carboxylic acids is 1. The fourth-order valence-electron chi connectivity index (χ4n) is 7.84. The smallest absolute Gasteiger partial charge is 0.372 e. The number of fused-ring (bicyclic) bond motifs is 4. The van der Waals surface area contributed by atoms with Crippen molar-refractivity contribution in [1.82, 2.24) is 33.8 Å². The molecule has 13 nitrogen and oxygen atoms in total. The lowest BCUT2D eigenvalue weighted by atomic mass is 9.92. The third kappa shape index (κ3) is 4.48. The summed E-state index contributed by atoms with van der Waals surface area (Å²) in [5, 5.41) is 18.6. The van der Waals surface area contributed by atoms with E-state index in [0.717, 1.165) is 29.4 Å². The van der Waals surface area contributed by atoms with Crippen LogP contribution in [0.2, 0.25) is 0 Å². The van der Waals surface area contributed by atoms with Gasteiger partial charge < -0.3 is 28.7 Å². The van der Waals surface area contributed by atoms with Crippen molar-refractivity contribution in [1.29, 1.82) is 0 Å². The first-order valence-corrected chi connectivity index (χ1v) is 15.3. The second-order valence-corrected chi connectivity index (χ2v) is 12.7. The maximum atomic E-state index is 14.8. The summed E-state index contributed by atoms with van der Waals surface area (Å²) in [7, 11) is 3.51. The minimum atomic E-state index is -4.60. The van der Waals surface area contributed by atoms with Crippen LogP contribution in [0.25, 0.3) is 27.7 Å². The average molecular weight is 650 g/mol. The first-order valence-electron chi connectivity index (χ1n) is 15.3. The number of anilines is 1. The van der Waals surface area contributed by atoms with E-state index in [1.807, 2.05) is 22.5 Å². The van der Waals surface area contributed by atoms with Crippen molar-refractivity contribution in [2.24, 2.45) is 7.05 Å². The van der Waals surface area contributed by atoms with E-state index in [2.05, 4.69) is 21.4 Å². The highest BCUT2D eigenvalue weighted by molar-refractivity contribution is 6.04. The quantitative estimate of drug-likeness (QED) is 0.193. The number of benzene rings is 1. The van der Waals surface area contributed by atoms with Crippen LogP contribution in [0.5, 0.6) is 0 Å². The SMILES string of the molecule is CN1CCc2cc(C3CCC4(C3)CN(C(=O)n3nncc3[N+](=O)[O-])CCO4)n3cccc(c23)-c2c(C(F)(F)F)cc3c(ncn3C)c21. The van der Waals surface area contributed by atoms with Crippen LogP contribution in [0.3, 0.4) is 0 Å². The zero-order valence-corrected chi connectivity index (χ0v) is 25.6. The topological polar surface area (TPSA) is 129 Å². The summed E-state index contributed by atoms with van der Waals surface area (Å²) in [6.07, 6.45) is 2.36. The van der Waals surface area contributed by atoms with Crippen molar-refractivity contribution < 1.29 is 27.6 Å². The van der Waals surface area contributed by atoms with Crippen LogP contribution in [0.15, 0.2) is 43.0 Å². The van der Waals surface area contributed by atoms with E-state index in [0.29, 0.717) is 52.8 Å². The van der Waals surface area contributed by atoms with Gasteiger partial charge in [-0.2, -0.15) is 13.2 Å². The highest BCUT2D eigenvalue weighted by atomic mass is 19.4. The van der Waals surface area contributed by atoms with Crippen LogP contribution in [0, 0.1) is 10.1 Å². The number of amides is 1. The van der Waals surface area contributed by atoms with Gasteiger partial charge in [-0.1, -0.05) is 6.07 Å². The van der Waals surface area contributed by atoms with Gasteiger partial charge >= 0.3 is 18.0 Å². The lowest BCUT2D eigenvalue weighted by Crippen LogP contribution is -2.53. The normalized spacial score (nSPS) is 21.4. The minimum Gasteiger partial charge on any atom is -0.372 e. The standard InChI is InChI=1S/C31H30F3N9O4/c1-38-9-6-18-12-22(19-5-7-30(14-19)16-40(10-11-47-30)29(44)42-24(43(45)46)15-36-37-42)41-8-3-4-20(27(18)41)25-21(31(32,33)34)13-23-26(28(25)38)35-17-39(23)2/h3-4,8,12-13,15,17,19H,5-7,9-11,14,16H2,1-2H3. The van der Waals surface area contributed by atoms with Gasteiger partial charge in [0.2, 0.25) is 0 Å². The number of hydrogen-bond acceptors (Lipinski definition) is 8. The Labute approximate surface area is 265 Å². The molecule has 0 N–H and O–H groups in total. The van der Waals surface area contributed by atoms with Crippen LogP contribution < -0.4 is 4.90 Å². The molecule has 2 unspecified atom stereocenters. The summed E-state index contributed by atoms with van der Waals surface area (Å²) in [5.41, 5.74) is 3.34. The molecule has 2 atom stereocenters. The number of aryl methyl sites for hydroxylation is 1. The molecule has 16 heteroatoms. The van der Waals surface area contributed by atoms with Crippen LogP contribution >= 0.6 is 0 Å². The van der Waals surface area contributed by atoms with Gasteiger partial charge in [0.05, 0.1) is 47.4 Å². The maximum Gasteiger partial charge on any atom is 0.439 e. The maximum absolute atomic E-state index is 14.8. The van der Waals surface area contributed by atoms with E-state index in [9.17, 15) is 28.1 Å². The van der Waals surface area contributed by atoms with Crippen LogP contribution in [0.1, 0.15) is 42.0 Å². The number of alkyl halides is 3. The molecule has 1 aliphatic carbocycles. The van der Waals surface area contributed by atoms with E-state index in [4.69, 9.17) is 4.74 Å². The molecule has 2 fully saturated rings. The predicted octanol–water partition coefficient (Wildman–Crippen LogP) is 5.01. The average Bonchev–Trinajstić information content (AvgIpc) is 3.83. The Bertz CT molecular complexity index is 2100. The van der Waals surface area contributed by atoms with E-state index < -0.39 is 34.1 Å². The zero-order valence-electron chi connectivity index (χ0n) is 25.6. The number of nitro groups is 1. The summed E-state index contributed by atoms with van der Waals surface area (Å²) in [6, 6.07) is 6.23. The minimum absolute atomic E-state index is 0.000526.